The second-order valence-corrected chi connectivity index (χ2v) is 4.85. The highest BCUT2D eigenvalue weighted by molar-refractivity contribution is 6.08. The van der Waals surface area contributed by atoms with Gasteiger partial charge in [0.1, 0.15) is 12.0 Å². The van der Waals surface area contributed by atoms with E-state index in [4.69, 9.17) is 9.47 Å². The zero-order valence-electron chi connectivity index (χ0n) is 12.9. The molecule has 0 unspecified atom stereocenters. The van der Waals surface area contributed by atoms with Crippen molar-refractivity contribution in [2.24, 2.45) is 0 Å². The molecule has 0 aliphatic carbocycles. The molecule has 3 aromatic rings. The van der Waals surface area contributed by atoms with Gasteiger partial charge < -0.3 is 14.5 Å². The number of ether oxygens (including phenoxy) is 2. The van der Waals surface area contributed by atoms with Gasteiger partial charge in [-0.05, 0) is 6.92 Å². The van der Waals surface area contributed by atoms with Crippen LogP contribution in [0.1, 0.15) is 17.3 Å². The highest BCUT2D eigenvalue weighted by Gasteiger charge is 2.19. The van der Waals surface area contributed by atoms with E-state index in [0.717, 1.165) is 5.56 Å². The van der Waals surface area contributed by atoms with Crippen LogP contribution in [0.4, 0.5) is 0 Å². The molecule has 1 N–H and O–H groups in total. The maximum Gasteiger partial charge on any atom is 0.340 e. The van der Waals surface area contributed by atoms with E-state index in [-0.39, 0.29) is 0 Å². The summed E-state index contributed by atoms with van der Waals surface area (Å²) in [5.41, 5.74) is 2.45. The Labute approximate surface area is 132 Å². The Hall–Kier alpha value is -2.74. The maximum absolute atomic E-state index is 12.1. The van der Waals surface area contributed by atoms with E-state index in [1.54, 1.807) is 31.1 Å². The van der Waals surface area contributed by atoms with E-state index in [2.05, 4.69) is 20.1 Å². The van der Waals surface area contributed by atoms with Crippen LogP contribution >= 0.6 is 0 Å². The van der Waals surface area contributed by atoms with Gasteiger partial charge in [0.05, 0.1) is 42.6 Å². The Morgan fingerprint density at radius 1 is 1.39 bits per heavy atom. The lowest BCUT2D eigenvalue weighted by Gasteiger charge is -2.03. The standard InChI is InChI=1S/C15H17N5O3/c1-3-23-15(21)11-7-16-14-12(11)13(17-9-18-14)10-6-19-20(8-10)4-5-22-2/h6-9H,3-5H2,1-2H3,(H,16,17,18). The molecule has 3 rings (SSSR count). The van der Waals surface area contributed by atoms with Gasteiger partial charge in [-0.25, -0.2) is 14.8 Å². The molecule has 0 aromatic carbocycles. The fourth-order valence-electron chi connectivity index (χ4n) is 2.34. The van der Waals surface area contributed by atoms with Crippen LogP contribution < -0.4 is 0 Å². The van der Waals surface area contributed by atoms with Gasteiger partial charge in [0.15, 0.2) is 0 Å². The summed E-state index contributed by atoms with van der Waals surface area (Å²) in [6.45, 7) is 3.29. The van der Waals surface area contributed by atoms with Crippen molar-refractivity contribution in [2.75, 3.05) is 20.3 Å². The van der Waals surface area contributed by atoms with E-state index in [9.17, 15) is 4.79 Å². The third-order valence-corrected chi connectivity index (χ3v) is 3.40. The summed E-state index contributed by atoms with van der Waals surface area (Å²) in [7, 11) is 1.64. The van der Waals surface area contributed by atoms with Crippen molar-refractivity contribution in [1.82, 2.24) is 24.7 Å². The summed E-state index contributed by atoms with van der Waals surface area (Å²) in [6, 6.07) is 0. The number of hydrogen-bond acceptors (Lipinski definition) is 6. The average Bonchev–Trinajstić information content (AvgIpc) is 3.19. The topological polar surface area (TPSA) is 94.9 Å². The summed E-state index contributed by atoms with van der Waals surface area (Å²) in [6.07, 6.45) is 6.62. The number of esters is 1. The van der Waals surface area contributed by atoms with Crippen molar-refractivity contribution in [3.63, 3.8) is 0 Å². The van der Waals surface area contributed by atoms with Gasteiger partial charge in [0, 0.05) is 25.1 Å². The summed E-state index contributed by atoms with van der Waals surface area (Å²) in [5, 5.41) is 4.92. The Kier molecular flexibility index (Phi) is 4.33. The number of fused-ring (bicyclic) bond motifs is 1. The zero-order chi connectivity index (χ0) is 16.2. The van der Waals surface area contributed by atoms with Crippen molar-refractivity contribution in [2.45, 2.75) is 13.5 Å². The number of carbonyl (C=O) groups is 1. The lowest BCUT2D eigenvalue weighted by molar-refractivity contribution is 0.0528. The van der Waals surface area contributed by atoms with E-state index in [1.807, 2.05) is 6.20 Å². The number of nitrogens with one attached hydrogen (secondary N) is 1. The first-order valence-electron chi connectivity index (χ1n) is 7.25. The number of rotatable bonds is 6. The number of nitrogens with zero attached hydrogens (tertiary/aromatic N) is 4. The van der Waals surface area contributed by atoms with Crippen molar-refractivity contribution in [3.8, 4) is 11.3 Å². The van der Waals surface area contributed by atoms with E-state index in [1.165, 1.54) is 6.33 Å². The SMILES string of the molecule is CCOC(=O)c1c[nH]c2ncnc(-c3cnn(CCOC)c3)c12. The Balaban J connectivity index is 2.05. The first kappa shape index (κ1) is 15.2. The first-order valence-corrected chi connectivity index (χ1v) is 7.25. The minimum absolute atomic E-state index is 0.309. The second kappa shape index (κ2) is 6.57. The molecule has 0 aliphatic rings. The highest BCUT2D eigenvalue weighted by Crippen LogP contribution is 2.28. The van der Waals surface area contributed by atoms with E-state index >= 15 is 0 Å². The van der Waals surface area contributed by atoms with Gasteiger partial charge in [-0.1, -0.05) is 0 Å². The van der Waals surface area contributed by atoms with Gasteiger partial charge in [-0.2, -0.15) is 5.10 Å². The minimum Gasteiger partial charge on any atom is -0.462 e. The first-order chi connectivity index (χ1) is 11.2. The maximum atomic E-state index is 12.1. The normalized spacial score (nSPS) is 11.0. The van der Waals surface area contributed by atoms with Gasteiger partial charge in [-0.3, -0.25) is 4.68 Å². The van der Waals surface area contributed by atoms with Crippen LogP contribution in [-0.4, -0.2) is 51.0 Å². The molecule has 0 saturated carbocycles. The summed E-state index contributed by atoms with van der Waals surface area (Å²) in [5.74, 6) is -0.401. The molecular formula is C15H17N5O3. The molecule has 23 heavy (non-hydrogen) atoms. The zero-order valence-corrected chi connectivity index (χ0v) is 12.9. The minimum atomic E-state index is -0.401. The summed E-state index contributed by atoms with van der Waals surface area (Å²) in [4.78, 5) is 23.6. The summed E-state index contributed by atoms with van der Waals surface area (Å²) >= 11 is 0. The molecule has 0 atom stereocenters. The number of hydrogen-bond donors (Lipinski definition) is 1. The fourth-order valence-corrected chi connectivity index (χ4v) is 2.34. The number of aromatic nitrogens is 5. The van der Waals surface area contributed by atoms with Crippen LogP contribution in [0.2, 0.25) is 0 Å². The van der Waals surface area contributed by atoms with Crippen molar-refractivity contribution in [1.29, 1.82) is 0 Å². The Morgan fingerprint density at radius 2 is 2.26 bits per heavy atom. The number of methoxy groups -OCH3 is 1. The van der Waals surface area contributed by atoms with Crippen LogP contribution in [0, 0.1) is 0 Å². The van der Waals surface area contributed by atoms with E-state index in [0.29, 0.717) is 42.0 Å². The highest BCUT2D eigenvalue weighted by atomic mass is 16.5. The average molecular weight is 315 g/mol. The molecule has 3 heterocycles. The van der Waals surface area contributed by atoms with Crippen molar-refractivity contribution in [3.05, 3.63) is 30.5 Å². The van der Waals surface area contributed by atoms with Crippen LogP contribution in [-0.2, 0) is 16.0 Å². The number of carbonyl (C=O) groups excluding carboxylic acids is 1. The molecule has 3 aromatic heterocycles. The van der Waals surface area contributed by atoms with Crippen molar-refractivity contribution < 1.29 is 14.3 Å². The largest absolute Gasteiger partial charge is 0.462 e. The molecule has 0 fully saturated rings. The molecule has 0 aliphatic heterocycles. The number of aromatic amines is 1. The van der Waals surface area contributed by atoms with Gasteiger partial charge in [0.25, 0.3) is 0 Å². The van der Waals surface area contributed by atoms with Crippen LogP contribution in [0.5, 0.6) is 0 Å². The van der Waals surface area contributed by atoms with Crippen molar-refractivity contribution >= 4 is 17.0 Å². The van der Waals surface area contributed by atoms with Crippen LogP contribution in [0.15, 0.2) is 24.9 Å². The molecule has 8 heteroatoms. The van der Waals surface area contributed by atoms with E-state index < -0.39 is 5.97 Å². The van der Waals surface area contributed by atoms with Gasteiger partial charge in [0.2, 0.25) is 0 Å². The molecule has 120 valence electrons. The Bertz CT molecular complexity index is 823. The molecular weight excluding hydrogens is 298 g/mol. The van der Waals surface area contributed by atoms with Crippen LogP contribution in [0.25, 0.3) is 22.3 Å². The molecule has 0 spiro atoms. The predicted octanol–water partition coefficient (Wildman–Crippen LogP) is 1.64. The monoisotopic (exact) mass is 315 g/mol. The molecule has 0 radical (unpaired) electrons. The van der Waals surface area contributed by atoms with Gasteiger partial charge in [-0.15, -0.1) is 0 Å². The predicted molar refractivity (Wildman–Crippen MR) is 82.9 cm³/mol. The third-order valence-electron chi connectivity index (χ3n) is 3.40. The van der Waals surface area contributed by atoms with Gasteiger partial charge >= 0.3 is 5.97 Å². The molecule has 0 amide bonds. The second-order valence-electron chi connectivity index (χ2n) is 4.85. The lowest BCUT2D eigenvalue weighted by atomic mass is 10.1. The molecule has 8 nitrogen and oxygen atoms in total. The smallest absolute Gasteiger partial charge is 0.340 e. The quantitative estimate of drug-likeness (QED) is 0.695. The Morgan fingerprint density at radius 3 is 3.04 bits per heavy atom. The lowest BCUT2D eigenvalue weighted by Crippen LogP contribution is -2.04. The fraction of sp³-hybridized carbons (Fsp3) is 0.333. The molecule has 0 saturated heterocycles. The summed E-state index contributed by atoms with van der Waals surface area (Å²) < 4.78 is 11.9. The van der Waals surface area contributed by atoms with Crippen LogP contribution in [0.3, 0.4) is 0 Å². The number of H-pyrrole nitrogens is 1. The molecule has 0 bridgehead atoms. The third kappa shape index (κ3) is 2.93.